The highest BCUT2D eigenvalue weighted by atomic mass is 32.2. The molecule has 1 fully saturated rings. The molecule has 2 rings (SSSR count). The van der Waals surface area contributed by atoms with E-state index in [0.29, 0.717) is 5.41 Å². The lowest BCUT2D eigenvalue weighted by Gasteiger charge is -2.13. The van der Waals surface area contributed by atoms with E-state index >= 15 is 0 Å². The molecule has 0 saturated heterocycles. The van der Waals surface area contributed by atoms with Crippen LogP contribution in [0.4, 0.5) is 0 Å². The van der Waals surface area contributed by atoms with Gasteiger partial charge in [0, 0.05) is 18.0 Å². The van der Waals surface area contributed by atoms with E-state index in [0.717, 1.165) is 25.4 Å². The highest BCUT2D eigenvalue weighted by molar-refractivity contribution is 7.99. The third-order valence-corrected chi connectivity index (χ3v) is 4.35. The van der Waals surface area contributed by atoms with Crippen molar-refractivity contribution < 1.29 is 0 Å². The summed E-state index contributed by atoms with van der Waals surface area (Å²) in [6, 6.07) is 8.85. The fraction of sp³-hybridized carbons (Fsp3) is 0.571. The quantitative estimate of drug-likeness (QED) is 0.731. The topological polar surface area (TPSA) is 38.0 Å². The van der Waals surface area contributed by atoms with Gasteiger partial charge in [0.15, 0.2) is 0 Å². The molecule has 1 aromatic rings. The molecule has 1 saturated carbocycles. The van der Waals surface area contributed by atoms with Gasteiger partial charge in [-0.15, -0.1) is 11.8 Å². The maximum absolute atomic E-state index is 5.76. The van der Waals surface area contributed by atoms with Gasteiger partial charge in [-0.3, -0.25) is 0 Å². The molecule has 0 bridgehead atoms. The molecule has 3 heteroatoms. The summed E-state index contributed by atoms with van der Waals surface area (Å²) in [5.41, 5.74) is 7.55. The van der Waals surface area contributed by atoms with Gasteiger partial charge in [-0.1, -0.05) is 19.1 Å². The summed E-state index contributed by atoms with van der Waals surface area (Å²) in [6.07, 6.45) is 2.59. The van der Waals surface area contributed by atoms with Crippen LogP contribution in [0.1, 0.15) is 25.3 Å². The van der Waals surface area contributed by atoms with Crippen LogP contribution in [-0.4, -0.2) is 18.8 Å². The van der Waals surface area contributed by atoms with Gasteiger partial charge in [-0.2, -0.15) is 0 Å². The van der Waals surface area contributed by atoms with Crippen molar-refractivity contribution >= 4 is 11.8 Å². The fourth-order valence-electron chi connectivity index (χ4n) is 1.97. The normalized spacial score (nSPS) is 17.1. The Morgan fingerprint density at radius 1 is 1.29 bits per heavy atom. The summed E-state index contributed by atoms with van der Waals surface area (Å²) in [4.78, 5) is 1.36. The molecule has 0 spiro atoms. The van der Waals surface area contributed by atoms with Crippen molar-refractivity contribution in [2.24, 2.45) is 11.1 Å². The van der Waals surface area contributed by atoms with E-state index in [9.17, 15) is 0 Å². The van der Waals surface area contributed by atoms with Crippen molar-refractivity contribution in [1.82, 2.24) is 5.32 Å². The molecule has 94 valence electrons. The van der Waals surface area contributed by atoms with Crippen molar-refractivity contribution in [2.75, 3.05) is 18.8 Å². The molecule has 2 nitrogen and oxygen atoms in total. The van der Waals surface area contributed by atoms with Gasteiger partial charge in [0.25, 0.3) is 0 Å². The molecule has 0 radical (unpaired) electrons. The second-order valence-corrected chi connectivity index (χ2v) is 6.22. The Kier molecular flexibility index (Phi) is 4.48. The van der Waals surface area contributed by atoms with Gasteiger partial charge in [0.05, 0.1) is 0 Å². The molecule has 0 amide bonds. The predicted octanol–water partition coefficient (Wildman–Crippen LogP) is 2.63. The lowest BCUT2D eigenvalue weighted by atomic mass is 10.1. The van der Waals surface area contributed by atoms with Crippen LogP contribution in [0.2, 0.25) is 0 Å². The molecule has 0 aliphatic heterocycles. The summed E-state index contributed by atoms with van der Waals surface area (Å²) >= 11 is 1.89. The van der Waals surface area contributed by atoms with Crippen LogP contribution in [0, 0.1) is 5.41 Å². The summed E-state index contributed by atoms with van der Waals surface area (Å²) in [7, 11) is 0. The van der Waals surface area contributed by atoms with Crippen molar-refractivity contribution in [3.63, 3.8) is 0 Å². The van der Waals surface area contributed by atoms with Crippen molar-refractivity contribution in [2.45, 2.75) is 31.2 Å². The standard InChI is InChI=1S/C14H22N2S/c1-2-17-13-5-3-12(4-6-13)9-16-11-14(10-15)7-8-14/h3-6,16H,2,7-11,15H2,1H3. The summed E-state index contributed by atoms with van der Waals surface area (Å²) in [5, 5.41) is 3.52. The van der Waals surface area contributed by atoms with Crippen LogP contribution >= 0.6 is 11.8 Å². The fourth-order valence-corrected chi connectivity index (χ4v) is 2.63. The average molecular weight is 250 g/mol. The molecule has 1 aromatic carbocycles. The minimum absolute atomic E-state index is 0.429. The highest BCUT2D eigenvalue weighted by Gasteiger charge is 2.40. The van der Waals surface area contributed by atoms with E-state index in [4.69, 9.17) is 5.73 Å². The first-order valence-electron chi connectivity index (χ1n) is 6.40. The zero-order chi connectivity index (χ0) is 12.1. The van der Waals surface area contributed by atoms with E-state index < -0.39 is 0 Å². The smallest absolute Gasteiger partial charge is 0.0205 e. The molecule has 17 heavy (non-hydrogen) atoms. The zero-order valence-corrected chi connectivity index (χ0v) is 11.4. The average Bonchev–Trinajstić information content (AvgIpc) is 3.13. The molecule has 0 atom stereocenters. The van der Waals surface area contributed by atoms with Gasteiger partial charge in [0.1, 0.15) is 0 Å². The van der Waals surface area contributed by atoms with Crippen LogP contribution in [0.5, 0.6) is 0 Å². The van der Waals surface area contributed by atoms with Gasteiger partial charge in [-0.25, -0.2) is 0 Å². The van der Waals surface area contributed by atoms with Gasteiger partial charge in [0.2, 0.25) is 0 Å². The molecule has 0 aromatic heterocycles. The SMILES string of the molecule is CCSc1ccc(CNCC2(CN)CC2)cc1. The van der Waals surface area contributed by atoms with Crippen molar-refractivity contribution in [3.8, 4) is 0 Å². The Morgan fingerprint density at radius 2 is 2.00 bits per heavy atom. The zero-order valence-electron chi connectivity index (χ0n) is 10.5. The Morgan fingerprint density at radius 3 is 2.53 bits per heavy atom. The minimum atomic E-state index is 0.429. The number of hydrogen-bond acceptors (Lipinski definition) is 3. The molecule has 1 aliphatic carbocycles. The third kappa shape index (κ3) is 3.73. The highest BCUT2D eigenvalue weighted by Crippen LogP contribution is 2.43. The van der Waals surface area contributed by atoms with Crippen molar-refractivity contribution in [3.05, 3.63) is 29.8 Å². The van der Waals surface area contributed by atoms with E-state index in [1.54, 1.807) is 0 Å². The van der Waals surface area contributed by atoms with E-state index in [-0.39, 0.29) is 0 Å². The molecule has 3 N–H and O–H groups in total. The number of rotatable bonds is 7. The molecule has 1 aliphatic rings. The van der Waals surface area contributed by atoms with Crippen LogP contribution in [0.3, 0.4) is 0 Å². The molecule has 0 heterocycles. The summed E-state index contributed by atoms with van der Waals surface area (Å²) < 4.78 is 0. The van der Waals surface area contributed by atoms with Crippen molar-refractivity contribution in [1.29, 1.82) is 0 Å². The van der Waals surface area contributed by atoms with Gasteiger partial charge < -0.3 is 11.1 Å². The summed E-state index contributed by atoms with van der Waals surface area (Å²) in [6.45, 7) is 5.03. The minimum Gasteiger partial charge on any atom is -0.330 e. The molecular weight excluding hydrogens is 228 g/mol. The number of thioether (sulfide) groups is 1. The second kappa shape index (κ2) is 5.89. The van der Waals surface area contributed by atoms with Crippen LogP contribution in [0.25, 0.3) is 0 Å². The second-order valence-electron chi connectivity index (χ2n) is 4.88. The first kappa shape index (κ1) is 12.9. The first-order valence-corrected chi connectivity index (χ1v) is 7.39. The first-order chi connectivity index (χ1) is 8.28. The lowest BCUT2D eigenvalue weighted by molar-refractivity contribution is 0.468. The van der Waals surface area contributed by atoms with Crippen LogP contribution < -0.4 is 11.1 Å². The largest absolute Gasteiger partial charge is 0.330 e. The maximum Gasteiger partial charge on any atom is 0.0205 e. The molecular formula is C14H22N2S. The number of hydrogen-bond donors (Lipinski definition) is 2. The van der Waals surface area contributed by atoms with E-state index in [2.05, 4.69) is 36.5 Å². The third-order valence-electron chi connectivity index (χ3n) is 3.45. The predicted molar refractivity (Wildman–Crippen MR) is 75.3 cm³/mol. The summed E-state index contributed by atoms with van der Waals surface area (Å²) in [5.74, 6) is 1.14. The Bertz CT molecular complexity index is 344. The number of nitrogens with one attached hydrogen (secondary N) is 1. The van der Waals surface area contributed by atoms with E-state index in [1.165, 1.54) is 23.3 Å². The maximum atomic E-state index is 5.76. The van der Waals surface area contributed by atoms with E-state index in [1.807, 2.05) is 11.8 Å². The number of nitrogens with two attached hydrogens (primary N) is 1. The van der Waals surface area contributed by atoms with Crippen LogP contribution in [0.15, 0.2) is 29.2 Å². The van der Waals surface area contributed by atoms with Crippen LogP contribution in [-0.2, 0) is 6.54 Å². The Hall–Kier alpha value is -0.510. The number of benzene rings is 1. The Balaban J connectivity index is 1.75. The van der Waals surface area contributed by atoms with Gasteiger partial charge in [-0.05, 0) is 48.3 Å². The van der Waals surface area contributed by atoms with Gasteiger partial charge >= 0.3 is 0 Å². The Labute approximate surface area is 108 Å². The monoisotopic (exact) mass is 250 g/mol. The molecule has 0 unspecified atom stereocenters. The lowest BCUT2D eigenvalue weighted by Crippen LogP contribution is -2.29.